The normalized spacial score (nSPS) is 10.9. The fourth-order valence-corrected chi connectivity index (χ4v) is 2.19. The van der Waals surface area contributed by atoms with Gasteiger partial charge in [-0.15, -0.1) is 5.10 Å². The average Bonchev–Trinajstić information content (AvgIpc) is 3.12. The van der Waals surface area contributed by atoms with Crippen molar-refractivity contribution < 1.29 is 19.0 Å². The maximum Gasteiger partial charge on any atom is 0.216 e. The van der Waals surface area contributed by atoms with E-state index >= 15 is 0 Å². The Hall–Kier alpha value is -2.49. The molecule has 0 aliphatic rings. The van der Waals surface area contributed by atoms with Gasteiger partial charge >= 0.3 is 0 Å². The van der Waals surface area contributed by atoms with E-state index in [2.05, 4.69) is 15.6 Å². The molecule has 2 rings (SSSR count). The summed E-state index contributed by atoms with van der Waals surface area (Å²) in [6, 6.07) is 7.51. The number of anilines is 1. The van der Waals surface area contributed by atoms with E-state index in [0.29, 0.717) is 52.7 Å². The minimum Gasteiger partial charge on any atom is -0.399 e. The van der Waals surface area contributed by atoms with Crippen LogP contribution < -0.4 is 11.1 Å². The van der Waals surface area contributed by atoms with Gasteiger partial charge in [-0.2, -0.15) is 0 Å². The minimum atomic E-state index is -0.0561. The number of nitrogen functional groups attached to an aromatic ring is 1. The van der Waals surface area contributed by atoms with Crippen LogP contribution in [-0.4, -0.2) is 67.1 Å². The SMILES string of the molecule is CC(=O)NCCOCCOCCOCCn1cc(-c2ccc(N)cc2)nn1. The fourth-order valence-electron chi connectivity index (χ4n) is 2.19. The van der Waals surface area contributed by atoms with Gasteiger partial charge in [-0.25, -0.2) is 4.68 Å². The van der Waals surface area contributed by atoms with E-state index in [0.717, 1.165) is 16.9 Å². The van der Waals surface area contributed by atoms with Gasteiger partial charge in [0.2, 0.25) is 5.91 Å². The molecule has 0 spiro atoms. The summed E-state index contributed by atoms with van der Waals surface area (Å²) in [7, 11) is 0. The van der Waals surface area contributed by atoms with Gasteiger partial charge in [0.25, 0.3) is 0 Å². The molecular formula is C18H27N5O4. The summed E-state index contributed by atoms with van der Waals surface area (Å²) in [6.07, 6.45) is 1.88. The first-order valence-corrected chi connectivity index (χ1v) is 8.89. The van der Waals surface area contributed by atoms with Crippen LogP contribution in [0.4, 0.5) is 5.69 Å². The highest BCUT2D eigenvalue weighted by Crippen LogP contribution is 2.17. The Morgan fingerprint density at radius 2 is 1.67 bits per heavy atom. The van der Waals surface area contributed by atoms with Crippen molar-refractivity contribution in [2.24, 2.45) is 0 Å². The predicted molar refractivity (Wildman–Crippen MR) is 101 cm³/mol. The van der Waals surface area contributed by atoms with Crippen LogP contribution in [0.3, 0.4) is 0 Å². The second-order valence-corrected chi connectivity index (χ2v) is 5.81. The summed E-state index contributed by atoms with van der Waals surface area (Å²) in [4.78, 5) is 10.7. The second-order valence-electron chi connectivity index (χ2n) is 5.81. The number of rotatable bonds is 13. The van der Waals surface area contributed by atoms with Crippen LogP contribution >= 0.6 is 0 Å². The van der Waals surface area contributed by atoms with Crippen LogP contribution in [0.5, 0.6) is 0 Å². The van der Waals surface area contributed by atoms with Crippen LogP contribution in [0.1, 0.15) is 6.92 Å². The molecule has 0 atom stereocenters. The Morgan fingerprint density at radius 3 is 2.33 bits per heavy atom. The fraction of sp³-hybridized carbons (Fsp3) is 0.500. The molecule has 0 saturated carbocycles. The van der Waals surface area contributed by atoms with Gasteiger partial charge in [-0.3, -0.25) is 4.79 Å². The number of nitrogens with two attached hydrogens (primary N) is 1. The summed E-state index contributed by atoms with van der Waals surface area (Å²) in [5.74, 6) is -0.0561. The molecule has 1 amide bonds. The Bertz CT molecular complexity index is 675. The molecule has 148 valence electrons. The smallest absolute Gasteiger partial charge is 0.216 e. The molecule has 27 heavy (non-hydrogen) atoms. The summed E-state index contributed by atoms with van der Waals surface area (Å²) >= 11 is 0. The second kappa shape index (κ2) is 12.0. The topological polar surface area (TPSA) is 114 Å². The van der Waals surface area contributed by atoms with Crippen LogP contribution in [0.25, 0.3) is 11.3 Å². The molecule has 0 bridgehead atoms. The molecule has 9 nitrogen and oxygen atoms in total. The molecular weight excluding hydrogens is 350 g/mol. The lowest BCUT2D eigenvalue weighted by atomic mass is 10.1. The first-order valence-electron chi connectivity index (χ1n) is 8.89. The molecule has 1 heterocycles. The Kier molecular flexibility index (Phi) is 9.25. The number of benzene rings is 1. The highest BCUT2D eigenvalue weighted by atomic mass is 16.5. The summed E-state index contributed by atoms with van der Waals surface area (Å²) in [5.41, 5.74) is 8.18. The summed E-state index contributed by atoms with van der Waals surface area (Å²) in [5, 5.41) is 10.9. The number of nitrogens with zero attached hydrogens (tertiary/aromatic N) is 3. The third-order valence-electron chi connectivity index (χ3n) is 3.57. The van der Waals surface area contributed by atoms with E-state index < -0.39 is 0 Å². The van der Waals surface area contributed by atoms with Crippen molar-refractivity contribution in [2.45, 2.75) is 13.5 Å². The number of aromatic nitrogens is 3. The van der Waals surface area contributed by atoms with E-state index in [1.807, 2.05) is 30.5 Å². The first-order chi connectivity index (χ1) is 13.1. The van der Waals surface area contributed by atoms with E-state index in [4.69, 9.17) is 19.9 Å². The van der Waals surface area contributed by atoms with Gasteiger partial charge in [0, 0.05) is 24.7 Å². The Balaban J connectivity index is 1.47. The molecule has 1 aromatic heterocycles. The van der Waals surface area contributed by atoms with Crippen molar-refractivity contribution in [1.29, 1.82) is 0 Å². The lowest BCUT2D eigenvalue weighted by Crippen LogP contribution is -2.25. The van der Waals surface area contributed by atoms with Gasteiger partial charge < -0.3 is 25.3 Å². The monoisotopic (exact) mass is 377 g/mol. The minimum absolute atomic E-state index is 0.0561. The molecule has 0 aliphatic carbocycles. The number of carbonyl (C=O) groups is 1. The van der Waals surface area contributed by atoms with Crippen molar-refractivity contribution in [2.75, 3.05) is 51.9 Å². The van der Waals surface area contributed by atoms with E-state index in [1.54, 1.807) is 4.68 Å². The van der Waals surface area contributed by atoms with Crippen LogP contribution in [0.15, 0.2) is 30.5 Å². The number of hydrogen-bond donors (Lipinski definition) is 2. The molecule has 1 aromatic carbocycles. The lowest BCUT2D eigenvalue weighted by molar-refractivity contribution is -0.119. The summed E-state index contributed by atoms with van der Waals surface area (Å²) < 4.78 is 18.0. The van der Waals surface area contributed by atoms with Gasteiger partial charge in [0.05, 0.1) is 52.4 Å². The molecule has 0 fully saturated rings. The standard InChI is InChI=1S/C18H27N5O4/c1-15(24)20-6-8-25-10-12-27-13-11-26-9-7-23-14-18(21-22-23)16-2-4-17(19)5-3-16/h2-5,14H,6-13,19H2,1H3,(H,20,24). The maximum atomic E-state index is 10.7. The van der Waals surface area contributed by atoms with Gasteiger partial charge in [-0.05, 0) is 12.1 Å². The largest absolute Gasteiger partial charge is 0.399 e. The van der Waals surface area contributed by atoms with Crippen LogP contribution in [-0.2, 0) is 25.5 Å². The van der Waals surface area contributed by atoms with Crippen molar-refractivity contribution in [3.63, 3.8) is 0 Å². The number of nitrogens with one attached hydrogen (secondary N) is 1. The number of amides is 1. The van der Waals surface area contributed by atoms with Gasteiger partial charge in [0.1, 0.15) is 5.69 Å². The molecule has 3 N–H and O–H groups in total. The zero-order valence-corrected chi connectivity index (χ0v) is 15.6. The van der Waals surface area contributed by atoms with Crippen molar-refractivity contribution in [3.8, 4) is 11.3 Å². The van der Waals surface area contributed by atoms with Crippen LogP contribution in [0.2, 0.25) is 0 Å². The third kappa shape index (κ3) is 8.63. The van der Waals surface area contributed by atoms with Gasteiger partial charge in [-0.1, -0.05) is 17.3 Å². The Morgan fingerprint density at radius 1 is 1.04 bits per heavy atom. The maximum absolute atomic E-state index is 10.7. The average molecular weight is 377 g/mol. The van der Waals surface area contributed by atoms with Gasteiger partial charge in [0.15, 0.2) is 0 Å². The van der Waals surface area contributed by atoms with E-state index in [-0.39, 0.29) is 5.91 Å². The highest BCUT2D eigenvalue weighted by Gasteiger charge is 2.03. The third-order valence-corrected chi connectivity index (χ3v) is 3.57. The van der Waals surface area contributed by atoms with Crippen molar-refractivity contribution >= 4 is 11.6 Å². The number of ether oxygens (including phenoxy) is 3. The Labute approximate surface area is 158 Å². The molecule has 9 heteroatoms. The quantitative estimate of drug-likeness (QED) is 0.390. The number of hydrogen-bond acceptors (Lipinski definition) is 7. The predicted octanol–water partition coefficient (Wildman–Crippen LogP) is 0.713. The molecule has 2 aromatic rings. The molecule has 0 aliphatic heterocycles. The molecule has 0 saturated heterocycles. The number of carbonyl (C=O) groups excluding carboxylic acids is 1. The lowest BCUT2D eigenvalue weighted by Gasteiger charge is -2.07. The summed E-state index contributed by atoms with van der Waals surface area (Å²) in [6.45, 7) is 5.62. The van der Waals surface area contributed by atoms with Crippen molar-refractivity contribution in [1.82, 2.24) is 20.3 Å². The molecule has 0 unspecified atom stereocenters. The highest BCUT2D eigenvalue weighted by molar-refractivity contribution is 5.72. The zero-order valence-electron chi connectivity index (χ0n) is 15.6. The first kappa shape index (κ1) is 20.8. The zero-order chi connectivity index (χ0) is 19.3. The van der Waals surface area contributed by atoms with E-state index in [9.17, 15) is 4.79 Å². The van der Waals surface area contributed by atoms with E-state index in [1.165, 1.54) is 6.92 Å². The van der Waals surface area contributed by atoms with Crippen molar-refractivity contribution in [3.05, 3.63) is 30.5 Å². The molecule has 0 radical (unpaired) electrons. The van der Waals surface area contributed by atoms with Crippen LogP contribution in [0, 0.1) is 0 Å².